The molecule has 23 heavy (non-hydrogen) atoms. The fraction of sp³-hybridized carbons (Fsp3) is 0.278. The Morgan fingerprint density at radius 2 is 2.09 bits per heavy atom. The number of amides is 1. The average Bonchev–Trinajstić information content (AvgIpc) is 2.56. The summed E-state index contributed by atoms with van der Waals surface area (Å²) in [5.74, 6) is 0.171. The molecule has 0 bridgehead atoms. The molecule has 1 amide bonds. The van der Waals surface area contributed by atoms with E-state index in [4.69, 9.17) is 4.74 Å². The van der Waals surface area contributed by atoms with Gasteiger partial charge in [0, 0.05) is 19.7 Å². The van der Waals surface area contributed by atoms with Gasteiger partial charge in [-0.3, -0.25) is 4.79 Å². The second-order valence-electron chi connectivity index (χ2n) is 5.65. The Bertz CT molecular complexity index is 691. The maximum atomic E-state index is 13.2. The SMILES string of the molecule is CN1c2ccc(F)cc2OCC1CC(=O)NCc1ccccc1. The molecule has 0 fully saturated rings. The van der Waals surface area contributed by atoms with E-state index in [1.807, 2.05) is 42.3 Å². The zero-order valence-corrected chi connectivity index (χ0v) is 13.0. The van der Waals surface area contributed by atoms with Crippen LogP contribution >= 0.6 is 0 Å². The number of likely N-dealkylation sites (N-methyl/N-ethyl adjacent to an activating group) is 1. The molecule has 0 spiro atoms. The van der Waals surface area contributed by atoms with Gasteiger partial charge in [0.25, 0.3) is 0 Å². The maximum absolute atomic E-state index is 13.2. The highest BCUT2D eigenvalue weighted by Gasteiger charge is 2.26. The van der Waals surface area contributed by atoms with Crippen LogP contribution in [0.1, 0.15) is 12.0 Å². The van der Waals surface area contributed by atoms with Gasteiger partial charge in [-0.25, -0.2) is 4.39 Å². The summed E-state index contributed by atoms with van der Waals surface area (Å²) in [5, 5.41) is 2.92. The number of hydrogen-bond acceptors (Lipinski definition) is 3. The number of anilines is 1. The minimum absolute atomic E-state index is 0.0279. The van der Waals surface area contributed by atoms with E-state index in [1.165, 1.54) is 12.1 Å². The number of fused-ring (bicyclic) bond motifs is 1. The molecule has 1 heterocycles. The summed E-state index contributed by atoms with van der Waals surface area (Å²) in [6.45, 7) is 0.879. The van der Waals surface area contributed by atoms with Crippen molar-refractivity contribution in [3.63, 3.8) is 0 Å². The molecule has 1 aliphatic rings. The summed E-state index contributed by atoms with van der Waals surface area (Å²) in [4.78, 5) is 14.1. The van der Waals surface area contributed by atoms with E-state index in [0.717, 1.165) is 11.3 Å². The number of nitrogens with zero attached hydrogens (tertiary/aromatic N) is 1. The van der Waals surface area contributed by atoms with Crippen molar-refractivity contribution < 1.29 is 13.9 Å². The second kappa shape index (κ2) is 6.69. The van der Waals surface area contributed by atoms with E-state index in [9.17, 15) is 9.18 Å². The largest absolute Gasteiger partial charge is 0.489 e. The van der Waals surface area contributed by atoms with E-state index in [-0.39, 0.29) is 17.8 Å². The highest BCUT2D eigenvalue weighted by Crippen LogP contribution is 2.34. The van der Waals surface area contributed by atoms with Gasteiger partial charge in [0.15, 0.2) is 0 Å². The molecular formula is C18H19FN2O2. The van der Waals surface area contributed by atoms with Crippen LogP contribution in [0.5, 0.6) is 5.75 Å². The zero-order chi connectivity index (χ0) is 16.2. The Balaban J connectivity index is 1.58. The van der Waals surface area contributed by atoms with Crippen LogP contribution in [0, 0.1) is 5.82 Å². The average molecular weight is 314 g/mol. The summed E-state index contributed by atoms with van der Waals surface area (Å²) in [6, 6.07) is 14.2. The number of nitrogens with one attached hydrogen (secondary N) is 1. The molecule has 2 aromatic carbocycles. The normalized spacial score (nSPS) is 16.4. The van der Waals surface area contributed by atoms with Crippen molar-refractivity contribution in [3.05, 3.63) is 59.9 Å². The van der Waals surface area contributed by atoms with Crippen LogP contribution in [0.15, 0.2) is 48.5 Å². The van der Waals surface area contributed by atoms with E-state index < -0.39 is 0 Å². The van der Waals surface area contributed by atoms with Crippen molar-refractivity contribution in [1.29, 1.82) is 0 Å². The Labute approximate surface area is 134 Å². The van der Waals surface area contributed by atoms with Crippen LogP contribution < -0.4 is 15.0 Å². The van der Waals surface area contributed by atoms with Crippen LogP contribution in [-0.4, -0.2) is 25.6 Å². The molecule has 1 aliphatic heterocycles. The van der Waals surface area contributed by atoms with Crippen molar-refractivity contribution in [2.24, 2.45) is 0 Å². The van der Waals surface area contributed by atoms with Crippen LogP contribution in [0.2, 0.25) is 0 Å². The predicted octanol–water partition coefficient (Wildman–Crippen LogP) is 2.73. The monoisotopic (exact) mass is 314 g/mol. The lowest BCUT2D eigenvalue weighted by Crippen LogP contribution is -2.43. The molecule has 5 heteroatoms. The highest BCUT2D eigenvalue weighted by molar-refractivity contribution is 5.77. The van der Waals surface area contributed by atoms with E-state index in [1.54, 1.807) is 6.07 Å². The fourth-order valence-electron chi connectivity index (χ4n) is 2.67. The fourth-order valence-corrected chi connectivity index (χ4v) is 2.67. The Hall–Kier alpha value is -2.56. The number of hydrogen-bond donors (Lipinski definition) is 1. The van der Waals surface area contributed by atoms with Crippen LogP contribution in [0.25, 0.3) is 0 Å². The minimum atomic E-state index is -0.323. The number of carbonyl (C=O) groups excluding carboxylic acids is 1. The van der Waals surface area contributed by atoms with Crippen molar-refractivity contribution in [2.45, 2.75) is 19.0 Å². The summed E-state index contributed by atoms with van der Waals surface area (Å²) in [6.07, 6.45) is 0.333. The van der Waals surface area contributed by atoms with Gasteiger partial charge in [-0.2, -0.15) is 0 Å². The van der Waals surface area contributed by atoms with Gasteiger partial charge in [0.1, 0.15) is 18.2 Å². The van der Waals surface area contributed by atoms with Crippen molar-refractivity contribution in [1.82, 2.24) is 5.32 Å². The summed E-state index contributed by atoms with van der Waals surface area (Å²) in [7, 11) is 1.90. The summed E-state index contributed by atoms with van der Waals surface area (Å²) < 4.78 is 18.8. The number of ether oxygens (including phenoxy) is 1. The lowest BCUT2D eigenvalue weighted by Gasteiger charge is -2.35. The third-order valence-corrected chi connectivity index (χ3v) is 4.03. The van der Waals surface area contributed by atoms with Gasteiger partial charge in [-0.1, -0.05) is 30.3 Å². The van der Waals surface area contributed by atoms with Crippen LogP contribution in [0.4, 0.5) is 10.1 Å². The highest BCUT2D eigenvalue weighted by atomic mass is 19.1. The first kappa shape index (κ1) is 15.3. The van der Waals surface area contributed by atoms with E-state index >= 15 is 0 Å². The van der Waals surface area contributed by atoms with Crippen molar-refractivity contribution in [3.8, 4) is 5.75 Å². The lowest BCUT2D eigenvalue weighted by molar-refractivity contribution is -0.121. The van der Waals surface area contributed by atoms with Gasteiger partial charge in [0.2, 0.25) is 5.91 Å². The van der Waals surface area contributed by atoms with Crippen LogP contribution in [0.3, 0.4) is 0 Å². The second-order valence-corrected chi connectivity index (χ2v) is 5.65. The summed E-state index contributed by atoms with van der Waals surface area (Å²) in [5.41, 5.74) is 1.87. The molecule has 0 radical (unpaired) electrons. The Kier molecular flexibility index (Phi) is 4.46. The maximum Gasteiger partial charge on any atom is 0.222 e. The molecule has 1 unspecified atom stereocenters. The molecule has 0 saturated carbocycles. The van der Waals surface area contributed by atoms with E-state index in [0.29, 0.717) is 25.3 Å². The molecule has 2 aromatic rings. The third-order valence-electron chi connectivity index (χ3n) is 4.03. The first-order chi connectivity index (χ1) is 11.1. The third kappa shape index (κ3) is 3.62. The molecular weight excluding hydrogens is 295 g/mol. The summed E-state index contributed by atoms with van der Waals surface area (Å²) >= 11 is 0. The molecule has 1 N–H and O–H groups in total. The molecule has 1 atom stereocenters. The number of benzene rings is 2. The first-order valence-electron chi connectivity index (χ1n) is 7.59. The first-order valence-corrected chi connectivity index (χ1v) is 7.59. The minimum Gasteiger partial charge on any atom is -0.489 e. The Morgan fingerprint density at radius 3 is 2.87 bits per heavy atom. The smallest absolute Gasteiger partial charge is 0.222 e. The van der Waals surface area contributed by atoms with Crippen LogP contribution in [-0.2, 0) is 11.3 Å². The van der Waals surface area contributed by atoms with Crippen molar-refractivity contribution in [2.75, 3.05) is 18.6 Å². The quantitative estimate of drug-likeness (QED) is 0.943. The van der Waals surface area contributed by atoms with Gasteiger partial charge >= 0.3 is 0 Å². The predicted molar refractivity (Wildman–Crippen MR) is 87.0 cm³/mol. The lowest BCUT2D eigenvalue weighted by atomic mass is 10.1. The van der Waals surface area contributed by atoms with Crippen molar-refractivity contribution >= 4 is 11.6 Å². The number of carbonyl (C=O) groups is 1. The van der Waals surface area contributed by atoms with Gasteiger partial charge in [0.05, 0.1) is 18.2 Å². The Morgan fingerprint density at radius 1 is 1.30 bits per heavy atom. The molecule has 120 valence electrons. The molecule has 4 nitrogen and oxygen atoms in total. The van der Waals surface area contributed by atoms with Gasteiger partial charge < -0.3 is 15.0 Å². The topological polar surface area (TPSA) is 41.6 Å². The van der Waals surface area contributed by atoms with E-state index in [2.05, 4.69) is 5.32 Å². The molecule has 3 rings (SSSR count). The standard InChI is InChI=1S/C18H19FN2O2/c1-21-15(12-23-17-9-14(19)7-8-16(17)21)10-18(22)20-11-13-5-3-2-4-6-13/h2-9,15H,10-12H2,1H3,(H,20,22). The zero-order valence-electron chi connectivity index (χ0n) is 13.0. The number of rotatable bonds is 4. The van der Waals surface area contributed by atoms with Gasteiger partial charge in [-0.05, 0) is 17.7 Å². The molecule has 0 saturated heterocycles. The number of halogens is 1. The molecule has 0 aliphatic carbocycles. The van der Waals surface area contributed by atoms with Gasteiger partial charge in [-0.15, -0.1) is 0 Å². The molecule has 0 aromatic heterocycles.